The highest BCUT2D eigenvalue weighted by atomic mass is 127. The van der Waals surface area contributed by atoms with Crippen molar-refractivity contribution in [2.75, 3.05) is 0 Å². The molecule has 1 rings (SSSR count). The molecule has 0 fully saturated rings. The molecule has 15 heavy (non-hydrogen) atoms. The van der Waals surface area contributed by atoms with Gasteiger partial charge in [0.1, 0.15) is 5.82 Å². The van der Waals surface area contributed by atoms with Gasteiger partial charge in [0.25, 0.3) is 5.56 Å². The van der Waals surface area contributed by atoms with E-state index < -0.39 is 0 Å². The topological polar surface area (TPSA) is 34.9 Å². The second-order valence-corrected chi connectivity index (χ2v) is 6.08. The van der Waals surface area contributed by atoms with Crippen LogP contribution in [0.1, 0.15) is 33.0 Å². The number of nitrogens with zero attached hydrogens (tertiary/aromatic N) is 2. The van der Waals surface area contributed by atoms with Gasteiger partial charge in [-0.15, -0.1) is 0 Å². The molecule has 0 spiro atoms. The molecule has 1 aromatic heterocycles. The zero-order valence-corrected chi connectivity index (χ0v) is 11.8. The van der Waals surface area contributed by atoms with E-state index in [1.807, 2.05) is 29.5 Å². The lowest BCUT2D eigenvalue weighted by Gasteiger charge is -2.19. The summed E-state index contributed by atoms with van der Waals surface area (Å²) in [5.74, 6) is 0.796. The van der Waals surface area contributed by atoms with Crippen LogP contribution in [0.5, 0.6) is 0 Å². The standard InChI is InChI=1S/C11H17IN2O/c1-8-13-7-9(12)10(15)14(8)6-5-11(2,3)4/h7H,5-6H2,1-4H3. The van der Waals surface area contributed by atoms with Crippen molar-refractivity contribution in [2.24, 2.45) is 5.41 Å². The van der Waals surface area contributed by atoms with Gasteiger partial charge in [0.15, 0.2) is 0 Å². The second-order valence-electron chi connectivity index (χ2n) is 4.92. The molecular weight excluding hydrogens is 303 g/mol. The van der Waals surface area contributed by atoms with E-state index >= 15 is 0 Å². The number of hydrogen-bond donors (Lipinski definition) is 0. The maximum atomic E-state index is 11.8. The highest BCUT2D eigenvalue weighted by molar-refractivity contribution is 14.1. The van der Waals surface area contributed by atoms with Crippen molar-refractivity contribution in [3.63, 3.8) is 0 Å². The predicted octanol–water partition coefficient (Wildman–Crippen LogP) is 2.59. The Morgan fingerprint density at radius 1 is 1.47 bits per heavy atom. The Labute approximate surface area is 104 Å². The summed E-state index contributed by atoms with van der Waals surface area (Å²) in [6.07, 6.45) is 2.61. The Morgan fingerprint density at radius 2 is 2.07 bits per heavy atom. The fraction of sp³-hybridized carbons (Fsp3) is 0.636. The number of aryl methyl sites for hydroxylation is 1. The summed E-state index contributed by atoms with van der Waals surface area (Å²) in [6.45, 7) is 9.15. The number of aromatic nitrogens is 2. The molecule has 1 aromatic rings. The first-order valence-electron chi connectivity index (χ1n) is 5.03. The largest absolute Gasteiger partial charge is 0.296 e. The van der Waals surface area contributed by atoms with Crippen molar-refractivity contribution in [2.45, 2.75) is 40.7 Å². The number of hydrogen-bond acceptors (Lipinski definition) is 2. The van der Waals surface area contributed by atoms with Gasteiger partial charge in [-0.05, 0) is 41.4 Å². The molecule has 0 aliphatic heterocycles. The van der Waals surface area contributed by atoms with Crippen LogP contribution in [0.4, 0.5) is 0 Å². The zero-order valence-electron chi connectivity index (χ0n) is 9.67. The average molecular weight is 320 g/mol. The third-order valence-electron chi connectivity index (χ3n) is 2.29. The lowest BCUT2D eigenvalue weighted by atomic mass is 9.92. The van der Waals surface area contributed by atoms with Gasteiger partial charge < -0.3 is 0 Å². The summed E-state index contributed by atoms with van der Waals surface area (Å²) in [7, 11) is 0. The summed E-state index contributed by atoms with van der Waals surface area (Å²) >= 11 is 2.03. The van der Waals surface area contributed by atoms with E-state index in [1.54, 1.807) is 10.8 Å². The minimum Gasteiger partial charge on any atom is -0.296 e. The zero-order chi connectivity index (χ0) is 11.6. The first-order chi connectivity index (χ1) is 6.81. The molecule has 0 unspecified atom stereocenters. The van der Waals surface area contributed by atoms with Crippen molar-refractivity contribution in [1.29, 1.82) is 0 Å². The third-order valence-corrected chi connectivity index (χ3v) is 3.03. The maximum Gasteiger partial charge on any atom is 0.266 e. The van der Waals surface area contributed by atoms with Gasteiger partial charge in [0.05, 0.1) is 3.57 Å². The van der Waals surface area contributed by atoms with Gasteiger partial charge >= 0.3 is 0 Å². The summed E-state index contributed by atoms with van der Waals surface area (Å²) in [5, 5.41) is 0. The smallest absolute Gasteiger partial charge is 0.266 e. The first kappa shape index (κ1) is 12.7. The lowest BCUT2D eigenvalue weighted by molar-refractivity contribution is 0.344. The Morgan fingerprint density at radius 3 is 2.60 bits per heavy atom. The summed E-state index contributed by atoms with van der Waals surface area (Å²) < 4.78 is 2.44. The predicted molar refractivity (Wildman–Crippen MR) is 70.0 cm³/mol. The number of halogens is 1. The van der Waals surface area contributed by atoms with Crippen molar-refractivity contribution >= 4 is 22.6 Å². The Kier molecular flexibility index (Phi) is 3.92. The van der Waals surface area contributed by atoms with Gasteiger partial charge in [-0.25, -0.2) is 4.98 Å². The van der Waals surface area contributed by atoms with E-state index in [4.69, 9.17) is 0 Å². The minimum atomic E-state index is 0.0763. The van der Waals surface area contributed by atoms with Crippen molar-refractivity contribution < 1.29 is 0 Å². The Hall–Kier alpha value is -0.390. The third kappa shape index (κ3) is 3.59. The Balaban J connectivity index is 2.95. The SMILES string of the molecule is Cc1ncc(I)c(=O)n1CCC(C)(C)C. The molecule has 84 valence electrons. The van der Waals surface area contributed by atoms with Gasteiger partial charge in [0.2, 0.25) is 0 Å². The van der Waals surface area contributed by atoms with Crippen LogP contribution >= 0.6 is 22.6 Å². The molecule has 4 heteroatoms. The molecule has 0 aromatic carbocycles. The van der Waals surface area contributed by atoms with E-state index in [0.717, 1.165) is 18.8 Å². The second kappa shape index (κ2) is 4.63. The van der Waals surface area contributed by atoms with Crippen LogP contribution in [0, 0.1) is 15.9 Å². The van der Waals surface area contributed by atoms with Crippen molar-refractivity contribution in [1.82, 2.24) is 9.55 Å². The van der Waals surface area contributed by atoms with Gasteiger partial charge in [-0.2, -0.15) is 0 Å². The van der Waals surface area contributed by atoms with Crippen LogP contribution in [-0.2, 0) is 6.54 Å². The van der Waals surface area contributed by atoms with Gasteiger partial charge in [-0.3, -0.25) is 9.36 Å². The van der Waals surface area contributed by atoms with Crippen LogP contribution in [0.25, 0.3) is 0 Å². The molecule has 3 nitrogen and oxygen atoms in total. The molecule has 0 radical (unpaired) electrons. The molecule has 0 aliphatic rings. The molecular formula is C11H17IN2O. The molecule has 0 N–H and O–H groups in total. The van der Waals surface area contributed by atoms with E-state index in [-0.39, 0.29) is 11.0 Å². The fourth-order valence-corrected chi connectivity index (χ4v) is 1.69. The summed E-state index contributed by atoms with van der Waals surface area (Å²) in [4.78, 5) is 16.0. The van der Waals surface area contributed by atoms with Crippen molar-refractivity contribution in [3.05, 3.63) is 25.9 Å². The number of rotatable bonds is 2. The maximum absolute atomic E-state index is 11.8. The highest BCUT2D eigenvalue weighted by Gasteiger charge is 2.12. The fourth-order valence-electron chi connectivity index (χ4n) is 1.26. The molecule has 0 saturated carbocycles. The van der Waals surface area contributed by atoms with E-state index in [9.17, 15) is 4.79 Å². The molecule has 0 amide bonds. The minimum absolute atomic E-state index is 0.0763. The van der Waals surface area contributed by atoms with Crippen LogP contribution in [0.15, 0.2) is 11.0 Å². The lowest BCUT2D eigenvalue weighted by Crippen LogP contribution is -2.27. The van der Waals surface area contributed by atoms with Crippen LogP contribution in [0.3, 0.4) is 0 Å². The van der Waals surface area contributed by atoms with E-state index in [1.165, 1.54) is 0 Å². The quantitative estimate of drug-likeness (QED) is 0.785. The molecule has 0 atom stereocenters. The molecule has 0 bridgehead atoms. The van der Waals surface area contributed by atoms with Crippen LogP contribution in [-0.4, -0.2) is 9.55 Å². The summed E-state index contributed by atoms with van der Waals surface area (Å²) in [5.41, 5.74) is 0.319. The molecule has 0 aliphatic carbocycles. The summed E-state index contributed by atoms with van der Waals surface area (Å²) in [6, 6.07) is 0. The highest BCUT2D eigenvalue weighted by Crippen LogP contribution is 2.19. The molecule has 0 saturated heterocycles. The van der Waals surface area contributed by atoms with Gasteiger partial charge in [-0.1, -0.05) is 20.8 Å². The van der Waals surface area contributed by atoms with Crippen molar-refractivity contribution in [3.8, 4) is 0 Å². The van der Waals surface area contributed by atoms with Crippen LogP contribution in [0.2, 0.25) is 0 Å². The van der Waals surface area contributed by atoms with Gasteiger partial charge in [0, 0.05) is 12.7 Å². The molecule has 1 heterocycles. The first-order valence-corrected chi connectivity index (χ1v) is 6.11. The van der Waals surface area contributed by atoms with Crippen LogP contribution < -0.4 is 5.56 Å². The monoisotopic (exact) mass is 320 g/mol. The van der Waals surface area contributed by atoms with E-state index in [0.29, 0.717) is 3.57 Å². The van der Waals surface area contributed by atoms with E-state index in [2.05, 4.69) is 25.8 Å². The normalized spacial score (nSPS) is 11.8. The average Bonchev–Trinajstić information content (AvgIpc) is 2.10. The Bertz CT molecular complexity index is 404.